The smallest absolute Gasteiger partial charge is 0.353 e. The summed E-state index contributed by atoms with van der Waals surface area (Å²) in [5.74, 6) is 0.929. The molecule has 0 fully saturated rings. The second-order valence-electron chi connectivity index (χ2n) is 7.01. The quantitative estimate of drug-likeness (QED) is 0.224. The third kappa shape index (κ3) is 4.10. The predicted octanol–water partition coefficient (Wildman–Crippen LogP) is 6.69. The first-order valence-electron chi connectivity index (χ1n) is 9.74. The van der Waals surface area contributed by atoms with Crippen LogP contribution in [0, 0.1) is 0 Å². The van der Waals surface area contributed by atoms with E-state index in [-0.39, 0.29) is 0 Å². The monoisotopic (exact) mass is 444 g/mol. The Kier molecular flexibility index (Phi) is 5.28. The Hall–Kier alpha value is -3.41. The molecule has 2 heterocycles. The Morgan fingerprint density at radius 2 is 1.65 bits per heavy atom. The Morgan fingerprint density at radius 1 is 0.903 bits per heavy atom. The van der Waals surface area contributed by atoms with Gasteiger partial charge in [-0.3, -0.25) is 0 Å². The van der Waals surface area contributed by atoms with Gasteiger partial charge in [0.15, 0.2) is 0 Å². The van der Waals surface area contributed by atoms with Crippen LogP contribution in [0.2, 0.25) is 4.34 Å². The molecule has 31 heavy (non-hydrogen) atoms. The fourth-order valence-corrected chi connectivity index (χ4v) is 4.39. The first kappa shape index (κ1) is 19.5. The van der Waals surface area contributed by atoms with E-state index in [4.69, 9.17) is 21.3 Å². The van der Waals surface area contributed by atoms with Crippen LogP contribution in [0.1, 0.15) is 15.2 Å². The first-order valence-corrected chi connectivity index (χ1v) is 10.9. The van der Waals surface area contributed by atoms with E-state index >= 15 is 0 Å². The lowest BCUT2D eigenvalue weighted by atomic mass is 10.2. The molecule has 5 aromatic rings. The summed E-state index contributed by atoms with van der Waals surface area (Å²) in [6.45, 7) is 0.715. The van der Waals surface area contributed by atoms with Crippen LogP contribution in [0.5, 0.6) is 5.75 Å². The molecular formula is C25H17ClN2O2S. The molecule has 0 aliphatic carbocycles. The number of ether oxygens (including phenoxy) is 1. The summed E-state index contributed by atoms with van der Waals surface area (Å²) in [5, 5.41) is 0. The van der Waals surface area contributed by atoms with E-state index in [1.165, 1.54) is 16.9 Å². The molecule has 0 bridgehead atoms. The van der Waals surface area contributed by atoms with Crippen LogP contribution < -0.4 is 4.74 Å². The van der Waals surface area contributed by atoms with Gasteiger partial charge in [0.1, 0.15) is 16.5 Å². The minimum Gasteiger partial charge on any atom is -0.422 e. The van der Waals surface area contributed by atoms with Crippen LogP contribution in [0.3, 0.4) is 0 Å². The van der Waals surface area contributed by atoms with Crippen molar-refractivity contribution in [1.29, 1.82) is 0 Å². The molecule has 0 spiro atoms. The van der Waals surface area contributed by atoms with Crippen LogP contribution in [0.25, 0.3) is 22.4 Å². The number of carbonyl (C=O) groups is 1. The predicted molar refractivity (Wildman–Crippen MR) is 125 cm³/mol. The minimum atomic E-state index is -0.416. The van der Waals surface area contributed by atoms with Crippen molar-refractivity contribution in [3.63, 3.8) is 0 Å². The van der Waals surface area contributed by atoms with E-state index in [1.807, 2.05) is 48.5 Å². The first-order chi connectivity index (χ1) is 15.2. The number of halogens is 1. The van der Waals surface area contributed by atoms with E-state index in [1.54, 1.807) is 24.3 Å². The average Bonchev–Trinajstić information content (AvgIpc) is 3.39. The van der Waals surface area contributed by atoms with Crippen molar-refractivity contribution in [2.24, 2.45) is 0 Å². The van der Waals surface area contributed by atoms with E-state index in [2.05, 4.69) is 22.8 Å². The number of hydrogen-bond acceptors (Lipinski definition) is 4. The average molecular weight is 445 g/mol. The Labute approximate surface area is 188 Å². The number of esters is 1. The molecule has 0 aliphatic heterocycles. The molecule has 0 atom stereocenters. The minimum absolute atomic E-state index is 0.416. The number of aromatic nitrogens is 2. The molecule has 152 valence electrons. The molecule has 0 unspecified atom stereocenters. The SMILES string of the molecule is O=C(Oc1ccc(-c2nc3ccccc3n2Cc2ccccc2)cc1)c1ccc(Cl)s1. The second-order valence-corrected chi connectivity index (χ2v) is 8.73. The molecule has 6 heteroatoms. The Balaban J connectivity index is 1.46. The van der Waals surface area contributed by atoms with Gasteiger partial charge >= 0.3 is 5.97 Å². The molecule has 0 saturated heterocycles. The number of thiophene rings is 1. The number of benzene rings is 3. The van der Waals surface area contributed by atoms with Gasteiger partial charge in [0, 0.05) is 12.1 Å². The molecule has 0 saturated carbocycles. The van der Waals surface area contributed by atoms with Gasteiger partial charge in [-0.25, -0.2) is 9.78 Å². The number of carbonyl (C=O) groups excluding carboxylic acids is 1. The van der Waals surface area contributed by atoms with Crippen molar-refractivity contribution in [1.82, 2.24) is 9.55 Å². The topological polar surface area (TPSA) is 44.1 Å². The van der Waals surface area contributed by atoms with Crippen molar-refractivity contribution >= 4 is 39.9 Å². The highest BCUT2D eigenvalue weighted by Gasteiger charge is 2.15. The Morgan fingerprint density at radius 3 is 2.39 bits per heavy atom. The lowest BCUT2D eigenvalue weighted by Gasteiger charge is -2.10. The van der Waals surface area contributed by atoms with Gasteiger partial charge in [-0.1, -0.05) is 54.1 Å². The van der Waals surface area contributed by atoms with Crippen molar-refractivity contribution in [2.75, 3.05) is 0 Å². The zero-order chi connectivity index (χ0) is 21.2. The summed E-state index contributed by atoms with van der Waals surface area (Å²) in [4.78, 5) is 17.6. The summed E-state index contributed by atoms with van der Waals surface area (Å²) < 4.78 is 8.24. The number of nitrogens with zero attached hydrogens (tertiary/aromatic N) is 2. The van der Waals surface area contributed by atoms with E-state index in [0.717, 1.165) is 22.4 Å². The van der Waals surface area contributed by atoms with E-state index < -0.39 is 5.97 Å². The zero-order valence-corrected chi connectivity index (χ0v) is 17.9. The maximum absolute atomic E-state index is 12.3. The van der Waals surface area contributed by atoms with Crippen molar-refractivity contribution in [3.8, 4) is 17.1 Å². The number of imidazole rings is 1. The highest BCUT2D eigenvalue weighted by Crippen LogP contribution is 2.28. The maximum Gasteiger partial charge on any atom is 0.353 e. The number of hydrogen-bond donors (Lipinski definition) is 0. The molecule has 0 amide bonds. The second kappa shape index (κ2) is 8.38. The zero-order valence-electron chi connectivity index (χ0n) is 16.4. The standard InChI is InChI=1S/C25H17ClN2O2S/c26-23-15-14-22(31-23)25(29)30-19-12-10-18(11-13-19)24-27-20-8-4-5-9-21(20)28(24)16-17-6-2-1-3-7-17/h1-15H,16H2. The van der Waals surface area contributed by atoms with E-state index in [0.29, 0.717) is 21.5 Å². The molecule has 4 nitrogen and oxygen atoms in total. The van der Waals surface area contributed by atoms with E-state index in [9.17, 15) is 4.79 Å². The van der Waals surface area contributed by atoms with Gasteiger partial charge < -0.3 is 9.30 Å². The molecule has 0 N–H and O–H groups in total. The highest BCUT2D eigenvalue weighted by atomic mass is 35.5. The third-order valence-corrected chi connectivity index (χ3v) is 6.15. The number of fused-ring (bicyclic) bond motifs is 1. The largest absolute Gasteiger partial charge is 0.422 e. The third-order valence-electron chi connectivity index (χ3n) is 4.94. The van der Waals surface area contributed by atoms with Gasteiger partial charge in [-0.15, -0.1) is 11.3 Å². The van der Waals surface area contributed by atoms with Crippen LogP contribution in [-0.2, 0) is 6.54 Å². The van der Waals surface area contributed by atoms with Crippen LogP contribution in [-0.4, -0.2) is 15.5 Å². The fraction of sp³-hybridized carbons (Fsp3) is 0.0400. The molecule has 3 aromatic carbocycles. The summed E-state index contributed by atoms with van der Waals surface area (Å²) >= 11 is 7.10. The summed E-state index contributed by atoms with van der Waals surface area (Å²) in [5.41, 5.74) is 4.17. The molecule has 5 rings (SSSR count). The maximum atomic E-state index is 12.3. The van der Waals surface area contributed by atoms with Crippen LogP contribution in [0.15, 0.2) is 91.0 Å². The van der Waals surface area contributed by atoms with Gasteiger partial charge in [-0.2, -0.15) is 0 Å². The number of rotatable bonds is 5. The van der Waals surface area contributed by atoms with Crippen molar-refractivity contribution in [2.45, 2.75) is 6.54 Å². The summed E-state index contributed by atoms with van der Waals surface area (Å²) in [6.07, 6.45) is 0. The number of para-hydroxylation sites is 2. The highest BCUT2D eigenvalue weighted by molar-refractivity contribution is 7.17. The lowest BCUT2D eigenvalue weighted by molar-refractivity contribution is 0.0740. The molecule has 0 aliphatic rings. The fourth-order valence-electron chi connectivity index (χ4n) is 3.48. The van der Waals surface area contributed by atoms with Crippen molar-refractivity contribution < 1.29 is 9.53 Å². The van der Waals surface area contributed by atoms with Crippen LogP contribution >= 0.6 is 22.9 Å². The lowest BCUT2D eigenvalue weighted by Crippen LogP contribution is -2.06. The van der Waals surface area contributed by atoms with Gasteiger partial charge in [-0.05, 0) is 54.1 Å². The normalized spacial score (nSPS) is 11.0. The van der Waals surface area contributed by atoms with Crippen LogP contribution in [0.4, 0.5) is 0 Å². The molecule has 0 radical (unpaired) electrons. The van der Waals surface area contributed by atoms with Gasteiger partial charge in [0.25, 0.3) is 0 Å². The van der Waals surface area contributed by atoms with Gasteiger partial charge in [0.05, 0.1) is 15.4 Å². The molecule has 2 aromatic heterocycles. The Bertz CT molecular complexity index is 1360. The molecular weight excluding hydrogens is 428 g/mol. The van der Waals surface area contributed by atoms with Crippen molar-refractivity contribution in [3.05, 3.63) is 106 Å². The summed E-state index contributed by atoms with van der Waals surface area (Å²) in [6, 6.07) is 29.2. The van der Waals surface area contributed by atoms with Gasteiger partial charge in [0.2, 0.25) is 0 Å². The summed E-state index contributed by atoms with van der Waals surface area (Å²) in [7, 11) is 0.